The number of carbonyl (C=O) groups is 3. The molecule has 0 radical (unpaired) electrons. The maximum absolute atomic E-state index is 12.8. The first kappa shape index (κ1) is 29.6. The molecule has 0 saturated carbocycles. The number of carboxylic acid groups (broad SMARTS) is 2. The van der Waals surface area contributed by atoms with Gasteiger partial charge >= 0.3 is 24.3 Å². The van der Waals surface area contributed by atoms with Crippen LogP contribution >= 0.6 is 0 Å². The molecule has 2 aromatic heterocycles. The molecule has 0 aliphatic carbocycles. The summed E-state index contributed by atoms with van der Waals surface area (Å²) in [7, 11) is 1.93. The number of carbonyl (C=O) groups excluding carboxylic acids is 1. The number of hydrogen-bond acceptors (Lipinski definition) is 5. The molecule has 2 fully saturated rings. The first-order valence-electron chi connectivity index (χ1n) is 10.8. The molecule has 37 heavy (non-hydrogen) atoms. The number of rotatable bonds is 3. The van der Waals surface area contributed by atoms with Crippen molar-refractivity contribution in [3.63, 3.8) is 0 Å². The Morgan fingerprint density at radius 2 is 1.51 bits per heavy atom. The van der Waals surface area contributed by atoms with Crippen molar-refractivity contribution in [2.45, 2.75) is 43.8 Å². The summed E-state index contributed by atoms with van der Waals surface area (Å²) in [5.41, 5.74) is 2.04. The number of carboxylic acids is 2. The molecule has 15 heteroatoms. The zero-order valence-electron chi connectivity index (χ0n) is 19.4. The summed E-state index contributed by atoms with van der Waals surface area (Å²) < 4.78 is 65.4. The van der Waals surface area contributed by atoms with Crippen molar-refractivity contribution in [3.8, 4) is 0 Å². The maximum atomic E-state index is 12.8. The Morgan fingerprint density at radius 1 is 0.946 bits per heavy atom. The normalized spacial score (nSPS) is 19.3. The lowest BCUT2D eigenvalue weighted by molar-refractivity contribution is -0.193. The maximum Gasteiger partial charge on any atom is 0.490 e. The Balaban J connectivity index is 0.000000286. The van der Waals surface area contributed by atoms with E-state index in [1.807, 2.05) is 48.4 Å². The number of aromatic nitrogens is 2. The molecule has 0 aromatic carbocycles. The van der Waals surface area contributed by atoms with Crippen molar-refractivity contribution in [1.82, 2.24) is 19.4 Å². The van der Waals surface area contributed by atoms with E-state index >= 15 is 0 Å². The third-order valence-corrected chi connectivity index (χ3v) is 5.71. The highest BCUT2D eigenvalue weighted by molar-refractivity contribution is 5.93. The highest BCUT2D eigenvalue weighted by Gasteiger charge is 2.44. The Morgan fingerprint density at radius 3 is 1.97 bits per heavy atom. The molecule has 0 spiro atoms. The third-order valence-electron chi connectivity index (χ3n) is 5.71. The quantitative estimate of drug-likeness (QED) is 0.577. The Kier molecular flexibility index (Phi) is 9.67. The van der Waals surface area contributed by atoms with Gasteiger partial charge in [-0.25, -0.2) is 9.59 Å². The van der Waals surface area contributed by atoms with Crippen LogP contribution in [0.5, 0.6) is 0 Å². The van der Waals surface area contributed by atoms with E-state index in [9.17, 15) is 31.1 Å². The van der Waals surface area contributed by atoms with Gasteiger partial charge in [-0.1, -0.05) is 6.07 Å². The number of fused-ring (bicyclic) bond motifs is 1. The Hall–Kier alpha value is -3.62. The van der Waals surface area contributed by atoms with E-state index in [0.29, 0.717) is 12.1 Å². The van der Waals surface area contributed by atoms with E-state index in [2.05, 4.69) is 20.9 Å². The number of nitrogens with zero attached hydrogens (tertiary/aromatic N) is 4. The van der Waals surface area contributed by atoms with Crippen LogP contribution in [0.15, 0.2) is 42.9 Å². The van der Waals surface area contributed by atoms with Crippen LogP contribution in [0.1, 0.15) is 28.9 Å². The molecule has 4 rings (SSSR count). The van der Waals surface area contributed by atoms with Crippen LogP contribution < -0.4 is 0 Å². The smallest absolute Gasteiger partial charge is 0.475 e. The van der Waals surface area contributed by atoms with Gasteiger partial charge in [0.25, 0.3) is 5.91 Å². The monoisotopic (exact) mass is 538 g/mol. The minimum Gasteiger partial charge on any atom is -0.475 e. The lowest BCUT2D eigenvalue weighted by atomic mass is 10.1. The first-order valence-corrected chi connectivity index (χ1v) is 10.8. The van der Waals surface area contributed by atoms with Crippen LogP contribution in [0.25, 0.3) is 0 Å². The molecule has 9 nitrogen and oxygen atoms in total. The van der Waals surface area contributed by atoms with Gasteiger partial charge in [-0.2, -0.15) is 26.3 Å². The molecule has 2 aromatic rings. The van der Waals surface area contributed by atoms with Gasteiger partial charge in [0.1, 0.15) is 5.69 Å². The number of likely N-dealkylation sites (tertiary alicyclic amines) is 2. The van der Waals surface area contributed by atoms with E-state index in [1.54, 1.807) is 0 Å². The molecule has 2 aliphatic heterocycles. The molecule has 2 saturated heterocycles. The van der Waals surface area contributed by atoms with Crippen LogP contribution in [0.3, 0.4) is 0 Å². The van der Waals surface area contributed by atoms with E-state index in [-0.39, 0.29) is 5.91 Å². The van der Waals surface area contributed by atoms with Gasteiger partial charge in [0.05, 0.1) is 0 Å². The van der Waals surface area contributed by atoms with E-state index in [4.69, 9.17) is 19.8 Å². The van der Waals surface area contributed by atoms with E-state index in [1.165, 1.54) is 5.56 Å². The van der Waals surface area contributed by atoms with Crippen LogP contribution in [0.4, 0.5) is 26.3 Å². The van der Waals surface area contributed by atoms with Crippen molar-refractivity contribution in [3.05, 3.63) is 54.1 Å². The van der Waals surface area contributed by atoms with Crippen LogP contribution in [0.2, 0.25) is 0 Å². The fourth-order valence-electron chi connectivity index (χ4n) is 4.08. The minimum absolute atomic E-state index is 0.174. The predicted octanol–water partition coefficient (Wildman–Crippen LogP) is 3.18. The van der Waals surface area contributed by atoms with Gasteiger partial charge in [-0.15, -0.1) is 0 Å². The second-order valence-corrected chi connectivity index (χ2v) is 8.15. The van der Waals surface area contributed by atoms with Crippen molar-refractivity contribution in [2.24, 2.45) is 7.05 Å². The van der Waals surface area contributed by atoms with Gasteiger partial charge < -0.3 is 19.7 Å². The molecule has 2 atom stereocenters. The van der Waals surface area contributed by atoms with Crippen molar-refractivity contribution >= 4 is 17.8 Å². The number of aliphatic carboxylic acids is 2. The number of hydrogen-bond donors (Lipinski definition) is 2. The van der Waals surface area contributed by atoms with E-state index in [0.717, 1.165) is 38.2 Å². The summed E-state index contributed by atoms with van der Waals surface area (Å²) in [4.78, 5) is 39.4. The lowest BCUT2D eigenvalue weighted by Gasteiger charge is -2.25. The number of pyridine rings is 1. The molecular formula is C22H24F6N4O5. The fraction of sp³-hybridized carbons (Fsp3) is 0.455. The number of alkyl halides is 6. The lowest BCUT2D eigenvalue weighted by Crippen LogP contribution is -2.40. The summed E-state index contributed by atoms with van der Waals surface area (Å²) in [5.74, 6) is -5.34. The molecule has 2 N–H and O–H groups in total. The molecule has 4 heterocycles. The van der Waals surface area contributed by atoms with Gasteiger partial charge in [0.15, 0.2) is 0 Å². The summed E-state index contributed by atoms with van der Waals surface area (Å²) in [6.07, 6.45) is -2.34. The molecule has 204 valence electrons. The van der Waals surface area contributed by atoms with Gasteiger partial charge in [-0.3, -0.25) is 14.7 Å². The van der Waals surface area contributed by atoms with E-state index < -0.39 is 24.3 Å². The number of aryl methyl sites for hydroxylation is 1. The fourth-order valence-corrected chi connectivity index (χ4v) is 4.08. The average Bonchev–Trinajstić information content (AvgIpc) is 3.51. The molecule has 2 aliphatic rings. The number of halogens is 6. The molecular weight excluding hydrogens is 514 g/mol. The van der Waals surface area contributed by atoms with Crippen LogP contribution in [-0.2, 0) is 23.2 Å². The summed E-state index contributed by atoms with van der Waals surface area (Å²) in [5, 5.41) is 14.2. The van der Waals surface area contributed by atoms with Gasteiger partial charge in [0.2, 0.25) is 0 Å². The zero-order valence-corrected chi connectivity index (χ0v) is 19.4. The van der Waals surface area contributed by atoms with Gasteiger partial charge in [-0.05, 0) is 36.6 Å². The van der Waals surface area contributed by atoms with Crippen molar-refractivity contribution in [1.29, 1.82) is 0 Å². The van der Waals surface area contributed by atoms with Gasteiger partial charge in [0, 0.05) is 57.4 Å². The standard InChI is InChI=1S/C18H22N4O.2C2HF3O2/c1-20-9-3-5-17(20)18(23)22-11-7-15-16(22)6-10-21(15)13-14-4-2-8-19-12-14;2*3-2(4,5)1(6)7/h2-5,8-9,12,15-16H,6-7,10-11,13H2,1H3;2*(H,6,7)/t15-,16+;;/m0../s1. The second-order valence-electron chi connectivity index (χ2n) is 8.15. The minimum atomic E-state index is -5.08. The Bertz CT molecular complexity index is 1050. The molecule has 1 amide bonds. The first-order chi connectivity index (χ1) is 17.1. The van der Waals surface area contributed by atoms with Crippen LogP contribution in [-0.4, -0.2) is 84.9 Å². The second kappa shape index (κ2) is 12.1. The average molecular weight is 538 g/mol. The predicted molar refractivity (Wildman–Crippen MR) is 115 cm³/mol. The topological polar surface area (TPSA) is 116 Å². The molecule has 0 unspecified atom stereocenters. The summed E-state index contributed by atoms with van der Waals surface area (Å²) in [6, 6.07) is 8.81. The zero-order chi connectivity index (χ0) is 28.0. The number of amides is 1. The Labute approximate surface area is 206 Å². The summed E-state index contributed by atoms with van der Waals surface area (Å²) in [6.45, 7) is 2.85. The largest absolute Gasteiger partial charge is 0.490 e. The highest BCUT2D eigenvalue weighted by Crippen LogP contribution is 2.33. The third kappa shape index (κ3) is 8.20. The van der Waals surface area contributed by atoms with Crippen molar-refractivity contribution in [2.75, 3.05) is 13.1 Å². The highest BCUT2D eigenvalue weighted by atomic mass is 19.4. The molecule has 0 bridgehead atoms. The SMILES string of the molecule is Cn1cccc1C(=O)N1CC[C@H]2[C@H]1CCN2Cc1cccnc1.O=C(O)C(F)(F)F.O=C(O)C(F)(F)F. The summed E-state index contributed by atoms with van der Waals surface area (Å²) >= 11 is 0. The van der Waals surface area contributed by atoms with Crippen molar-refractivity contribution < 1.29 is 50.9 Å². The van der Waals surface area contributed by atoms with Crippen LogP contribution in [0, 0.1) is 0 Å².